The first-order chi connectivity index (χ1) is 16.1. The fraction of sp³-hybridized carbons (Fsp3) is 0.320. The van der Waals surface area contributed by atoms with E-state index in [1.54, 1.807) is 25.4 Å². The summed E-state index contributed by atoms with van der Waals surface area (Å²) in [6.07, 6.45) is 4.48. The van der Waals surface area contributed by atoms with Crippen molar-refractivity contribution in [2.45, 2.75) is 25.3 Å². The van der Waals surface area contributed by atoms with Gasteiger partial charge in [0, 0.05) is 36.0 Å². The van der Waals surface area contributed by atoms with E-state index < -0.39 is 0 Å². The molecular formula is C25H27ClN4O3. The van der Waals surface area contributed by atoms with Crippen LogP contribution in [0.2, 0.25) is 5.02 Å². The van der Waals surface area contributed by atoms with Crippen molar-refractivity contribution in [1.29, 1.82) is 0 Å². The number of ether oxygens (including phenoxy) is 2. The van der Waals surface area contributed by atoms with E-state index in [1.165, 1.54) is 0 Å². The van der Waals surface area contributed by atoms with E-state index in [4.69, 9.17) is 26.8 Å². The van der Waals surface area contributed by atoms with Gasteiger partial charge in [-0.05, 0) is 61.2 Å². The van der Waals surface area contributed by atoms with Gasteiger partial charge in [-0.3, -0.25) is 4.79 Å². The zero-order valence-corrected chi connectivity index (χ0v) is 19.3. The number of rotatable bonds is 7. The Morgan fingerprint density at radius 1 is 1.12 bits per heavy atom. The molecule has 33 heavy (non-hydrogen) atoms. The highest BCUT2D eigenvalue weighted by Crippen LogP contribution is 2.37. The Balaban J connectivity index is 1.62. The van der Waals surface area contributed by atoms with E-state index in [-0.39, 0.29) is 17.9 Å². The predicted octanol–water partition coefficient (Wildman–Crippen LogP) is 4.77. The van der Waals surface area contributed by atoms with Crippen LogP contribution in [-0.2, 0) is 4.74 Å². The van der Waals surface area contributed by atoms with Gasteiger partial charge in [0.15, 0.2) is 0 Å². The van der Waals surface area contributed by atoms with Crippen molar-refractivity contribution in [2.24, 2.45) is 0 Å². The fourth-order valence-electron chi connectivity index (χ4n) is 4.08. The summed E-state index contributed by atoms with van der Waals surface area (Å²) in [5.74, 6) is 0.855. The summed E-state index contributed by atoms with van der Waals surface area (Å²) >= 11 is 6.07. The first kappa shape index (κ1) is 23.0. The van der Waals surface area contributed by atoms with Gasteiger partial charge >= 0.3 is 0 Å². The number of amides is 1. The SMILES string of the molecule is COCCOc1ccc(C(=O)N2CCCC[C@@H]2c2nc(N)ncc2-c2ccc(Cl)cc2)cc1. The molecule has 2 heterocycles. The van der Waals surface area contributed by atoms with Gasteiger partial charge in [0.2, 0.25) is 5.95 Å². The molecule has 0 aliphatic carbocycles. The van der Waals surface area contributed by atoms with Gasteiger partial charge in [0.25, 0.3) is 5.91 Å². The van der Waals surface area contributed by atoms with Crippen molar-refractivity contribution in [3.05, 3.63) is 71.0 Å². The summed E-state index contributed by atoms with van der Waals surface area (Å²) in [6.45, 7) is 1.62. The maximum Gasteiger partial charge on any atom is 0.254 e. The Kier molecular flexibility index (Phi) is 7.42. The zero-order valence-electron chi connectivity index (χ0n) is 18.5. The largest absolute Gasteiger partial charge is 0.491 e. The minimum absolute atomic E-state index is 0.0395. The van der Waals surface area contributed by atoms with E-state index in [9.17, 15) is 4.79 Å². The van der Waals surface area contributed by atoms with Gasteiger partial charge in [0.1, 0.15) is 12.4 Å². The number of methoxy groups -OCH3 is 1. The second kappa shape index (κ2) is 10.6. The fourth-order valence-corrected chi connectivity index (χ4v) is 4.20. The number of nitrogen functional groups attached to an aromatic ring is 1. The molecule has 3 aromatic rings. The molecule has 7 nitrogen and oxygen atoms in total. The molecule has 8 heteroatoms. The van der Waals surface area contributed by atoms with Crippen LogP contribution in [0.5, 0.6) is 5.75 Å². The number of carbonyl (C=O) groups is 1. The summed E-state index contributed by atoms with van der Waals surface area (Å²) in [7, 11) is 1.63. The van der Waals surface area contributed by atoms with Crippen molar-refractivity contribution in [2.75, 3.05) is 32.6 Å². The molecule has 1 aliphatic rings. The van der Waals surface area contributed by atoms with Crippen molar-refractivity contribution in [3.63, 3.8) is 0 Å². The molecule has 172 valence electrons. The van der Waals surface area contributed by atoms with Gasteiger partial charge in [-0.15, -0.1) is 0 Å². The molecule has 1 saturated heterocycles. The minimum atomic E-state index is -0.195. The van der Waals surface area contributed by atoms with Gasteiger partial charge < -0.3 is 20.1 Å². The topological polar surface area (TPSA) is 90.6 Å². The van der Waals surface area contributed by atoms with E-state index in [2.05, 4.69) is 9.97 Å². The lowest BCUT2D eigenvalue weighted by atomic mass is 9.93. The minimum Gasteiger partial charge on any atom is -0.491 e. The predicted molar refractivity (Wildman–Crippen MR) is 128 cm³/mol. The lowest BCUT2D eigenvalue weighted by molar-refractivity contribution is 0.0606. The third-order valence-electron chi connectivity index (χ3n) is 5.73. The quantitative estimate of drug-likeness (QED) is 0.504. The zero-order chi connectivity index (χ0) is 23.2. The maximum atomic E-state index is 13.5. The molecule has 1 amide bonds. The highest BCUT2D eigenvalue weighted by atomic mass is 35.5. The maximum absolute atomic E-state index is 13.5. The van der Waals surface area contributed by atoms with Crippen LogP contribution in [0.25, 0.3) is 11.1 Å². The van der Waals surface area contributed by atoms with Crippen molar-refractivity contribution >= 4 is 23.5 Å². The standard InChI is InChI=1S/C25H27ClN4O3/c1-32-14-15-33-20-11-7-18(8-12-20)24(31)30-13-3-2-4-22(30)23-21(16-28-25(27)29-23)17-5-9-19(26)10-6-17/h5-12,16,22H,2-4,13-15H2,1H3,(H2,27,28,29)/t22-/m1/s1. The molecule has 2 aromatic carbocycles. The smallest absolute Gasteiger partial charge is 0.254 e. The highest BCUT2D eigenvalue weighted by molar-refractivity contribution is 6.30. The number of nitrogens with two attached hydrogens (primary N) is 1. The van der Waals surface area contributed by atoms with E-state index in [1.807, 2.05) is 41.3 Å². The number of hydrogen-bond donors (Lipinski definition) is 1. The number of anilines is 1. The first-order valence-corrected chi connectivity index (χ1v) is 11.4. The molecule has 1 aliphatic heterocycles. The summed E-state index contributed by atoms with van der Waals surface area (Å²) in [4.78, 5) is 24.2. The van der Waals surface area contributed by atoms with Gasteiger partial charge in [-0.1, -0.05) is 23.7 Å². The van der Waals surface area contributed by atoms with Gasteiger partial charge in [0.05, 0.1) is 18.3 Å². The Bertz CT molecular complexity index is 1090. The lowest BCUT2D eigenvalue weighted by Gasteiger charge is -2.36. The van der Waals surface area contributed by atoms with Crippen LogP contribution in [0.1, 0.15) is 41.4 Å². The average Bonchev–Trinajstić information content (AvgIpc) is 2.85. The van der Waals surface area contributed by atoms with Crippen molar-refractivity contribution in [1.82, 2.24) is 14.9 Å². The van der Waals surface area contributed by atoms with E-state index in [0.29, 0.717) is 36.1 Å². The summed E-state index contributed by atoms with van der Waals surface area (Å²) in [5.41, 5.74) is 9.12. The number of piperidine rings is 1. The van der Waals surface area contributed by atoms with Crippen LogP contribution in [0.3, 0.4) is 0 Å². The van der Waals surface area contributed by atoms with Crippen LogP contribution in [-0.4, -0.2) is 47.6 Å². The second-order valence-corrected chi connectivity index (χ2v) is 8.35. The monoisotopic (exact) mass is 466 g/mol. The van der Waals surface area contributed by atoms with Crippen LogP contribution >= 0.6 is 11.6 Å². The Hall–Kier alpha value is -3.16. The molecule has 0 saturated carbocycles. The van der Waals surface area contributed by atoms with Crippen molar-refractivity contribution < 1.29 is 14.3 Å². The molecule has 1 atom stereocenters. The average molecular weight is 467 g/mol. The van der Waals surface area contributed by atoms with Gasteiger partial charge in [-0.2, -0.15) is 0 Å². The van der Waals surface area contributed by atoms with Crippen LogP contribution in [0.15, 0.2) is 54.7 Å². The molecule has 0 spiro atoms. The molecular weight excluding hydrogens is 440 g/mol. The van der Waals surface area contributed by atoms with Crippen molar-refractivity contribution in [3.8, 4) is 16.9 Å². The number of hydrogen-bond acceptors (Lipinski definition) is 6. The third kappa shape index (κ3) is 5.43. The summed E-state index contributed by atoms with van der Waals surface area (Å²) in [6, 6.07) is 14.5. The third-order valence-corrected chi connectivity index (χ3v) is 5.98. The van der Waals surface area contributed by atoms with Crippen LogP contribution < -0.4 is 10.5 Å². The molecule has 4 rings (SSSR count). The van der Waals surface area contributed by atoms with E-state index in [0.717, 1.165) is 36.1 Å². The number of benzene rings is 2. The number of aromatic nitrogens is 2. The number of carbonyl (C=O) groups excluding carboxylic acids is 1. The Morgan fingerprint density at radius 3 is 2.61 bits per heavy atom. The first-order valence-electron chi connectivity index (χ1n) is 11.0. The highest BCUT2D eigenvalue weighted by Gasteiger charge is 2.32. The van der Waals surface area contributed by atoms with Crippen LogP contribution in [0.4, 0.5) is 5.95 Å². The number of halogens is 1. The second-order valence-electron chi connectivity index (χ2n) is 7.91. The van der Waals surface area contributed by atoms with E-state index >= 15 is 0 Å². The molecule has 0 unspecified atom stereocenters. The molecule has 0 radical (unpaired) electrons. The molecule has 0 bridgehead atoms. The van der Waals surface area contributed by atoms with Crippen LogP contribution in [0, 0.1) is 0 Å². The Labute approximate surface area is 198 Å². The lowest BCUT2D eigenvalue weighted by Crippen LogP contribution is -2.39. The molecule has 2 N–H and O–H groups in total. The number of likely N-dealkylation sites (tertiary alicyclic amines) is 1. The molecule has 1 aromatic heterocycles. The summed E-state index contributed by atoms with van der Waals surface area (Å²) in [5, 5.41) is 0.654. The summed E-state index contributed by atoms with van der Waals surface area (Å²) < 4.78 is 10.6. The number of nitrogens with zero attached hydrogens (tertiary/aromatic N) is 3. The molecule has 1 fully saturated rings. The van der Waals surface area contributed by atoms with Gasteiger partial charge in [-0.25, -0.2) is 9.97 Å². The normalized spacial score (nSPS) is 15.9. The Morgan fingerprint density at radius 2 is 1.88 bits per heavy atom.